The Balaban J connectivity index is 4.07. The molecule has 0 aromatic carbocycles. The van der Waals surface area contributed by atoms with Gasteiger partial charge in [-0.05, 0) is 0 Å². The molecule has 0 unspecified atom stereocenters. The number of carbonyl (C=O) groups excluding carboxylic acids is 1. The van der Waals surface area contributed by atoms with Crippen LogP contribution >= 0.6 is 11.6 Å². The Kier molecular flexibility index (Phi) is 5.36. The van der Waals surface area contributed by atoms with Crippen LogP contribution in [0.1, 0.15) is 0 Å². The van der Waals surface area contributed by atoms with Crippen molar-refractivity contribution >= 4 is 17.9 Å². The van der Waals surface area contributed by atoms with Gasteiger partial charge in [-0.1, -0.05) is 0 Å². The normalized spacial score (nSPS) is 21.1. The highest BCUT2D eigenvalue weighted by Gasteiger charge is 2.29. The van der Waals surface area contributed by atoms with Gasteiger partial charge in [0.1, 0.15) is 24.6 Å². The standard InChI is InChI=1S/C6H11ClO5/c7-5(3(10)1-8)6(12)4(11)2-9/h1,3-6,9-12H,2H2/t3-,4+,5+,6+/m0/s1. The van der Waals surface area contributed by atoms with Crippen LogP contribution in [-0.2, 0) is 4.79 Å². The largest absolute Gasteiger partial charge is 0.394 e. The van der Waals surface area contributed by atoms with Gasteiger partial charge in [0.15, 0.2) is 0 Å². The number of aliphatic hydroxyl groups excluding tert-OH is 4. The highest BCUT2D eigenvalue weighted by Crippen LogP contribution is 2.10. The molecule has 72 valence electrons. The SMILES string of the molecule is O=C[C@H](O)[C@@H](Cl)[C@H](O)[C@H](O)CO. The van der Waals surface area contributed by atoms with Gasteiger partial charge in [-0.2, -0.15) is 0 Å². The number of rotatable bonds is 5. The van der Waals surface area contributed by atoms with E-state index >= 15 is 0 Å². The van der Waals surface area contributed by atoms with E-state index in [0.717, 1.165) is 0 Å². The van der Waals surface area contributed by atoms with E-state index in [1.807, 2.05) is 0 Å². The van der Waals surface area contributed by atoms with Crippen LogP contribution in [0.15, 0.2) is 0 Å². The van der Waals surface area contributed by atoms with Crippen LogP contribution in [0.4, 0.5) is 0 Å². The van der Waals surface area contributed by atoms with Gasteiger partial charge >= 0.3 is 0 Å². The second-order valence-corrected chi connectivity index (χ2v) is 2.82. The van der Waals surface area contributed by atoms with E-state index in [2.05, 4.69) is 0 Å². The van der Waals surface area contributed by atoms with Crippen molar-refractivity contribution in [1.29, 1.82) is 0 Å². The number of alkyl halides is 1. The molecule has 0 saturated heterocycles. The van der Waals surface area contributed by atoms with Crippen molar-refractivity contribution in [2.45, 2.75) is 23.7 Å². The summed E-state index contributed by atoms with van der Waals surface area (Å²) in [5.41, 5.74) is 0. The molecule has 0 aliphatic carbocycles. The highest BCUT2D eigenvalue weighted by molar-refractivity contribution is 6.22. The van der Waals surface area contributed by atoms with E-state index in [1.54, 1.807) is 0 Å². The molecule has 0 aliphatic rings. The first-order valence-electron chi connectivity index (χ1n) is 3.29. The topological polar surface area (TPSA) is 98.0 Å². The van der Waals surface area contributed by atoms with E-state index in [4.69, 9.17) is 32.0 Å². The third-order valence-corrected chi connectivity index (χ3v) is 1.89. The van der Waals surface area contributed by atoms with Crippen LogP contribution in [0.5, 0.6) is 0 Å². The van der Waals surface area contributed by atoms with Gasteiger partial charge in [0, 0.05) is 0 Å². The second-order valence-electron chi connectivity index (χ2n) is 2.31. The maximum absolute atomic E-state index is 9.97. The van der Waals surface area contributed by atoms with Crippen LogP contribution in [-0.4, -0.2) is 57.0 Å². The summed E-state index contributed by atoms with van der Waals surface area (Å²) in [5, 5.41) is 33.7. The molecule has 0 radical (unpaired) electrons. The molecular formula is C6H11ClO5. The summed E-state index contributed by atoms with van der Waals surface area (Å²) in [6, 6.07) is 0. The number of aliphatic hydroxyl groups is 4. The van der Waals surface area contributed by atoms with Gasteiger partial charge in [0.2, 0.25) is 0 Å². The van der Waals surface area contributed by atoms with Crippen molar-refractivity contribution in [2.24, 2.45) is 0 Å². The number of halogens is 1. The minimum Gasteiger partial charge on any atom is -0.394 e. The number of carbonyl (C=O) groups is 1. The van der Waals surface area contributed by atoms with Crippen LogP contribution < -0.4 is 0 Å². The van der Waals surface area contributed by atoms with Crippen molar-refractivity contribution in [3.8, 4) is 0 Å². The van der Waals surface area contributed by atoms with E-state index in [0.29, 0.717) is 0 Å². The second kappa shape index (κ2) is 5.45. The Labute approximate surface area is 74.2 Å². The van der Waals surface area contributed by atoms with Crippen LogP contribution in [0.25, 0.3) is 0 Å². The molecule has 4 N–H and O–H groups in total. The molecule has 5 nitrogen and oxygen atoms in total. The fourth-order valence-corrected chi connectivity index (χ4v) is 0.825. The van der Waals surface area contributed by atoms with Gasteiger partial charge in [-0.3, -0.25) is 0 Å². The maximum Gasteiger partial charge on any atom is 0.150 e. The number of hydrogen-bond donors (Lipinski definition) is 4. The van der Waals surface area contributed by atoms with Crippen LogP contribution in [0.3, 0.4) is 0 Å². The summed E-state index contributed by atoms with van der Waals surface area (Å²) in [6.07, 6.45) is -4.40. The fraction of sp³-hybridized carbons (Fsp3) is 0.833. The zero-order valence-corrected chi connectivity index (χ0v) is 6.92. The third-order valence-electron chi connectivity index (χ3n) is 1.37. The lowest BCUT2D eigenvalue weighted by molar-refractivity contribution is -0.117. The third kappa shape index (κ3) is 3.04. The molecular weight excluding hydrogens is 188 g/mol. The summed E-state index contributed by atoms with van der Waals surface area (Å²) < 4.78 is 0. The van der Waals surface area contributed by atoms with E-state index in [1.165, 1.54) is 0 Å². The van der Waals surface area contributed by atoms with Crippen molar-refractivity contribution in [2.75, 3.05) is 6.61 Å². The maximum atomic E-state index is 9.97. The summed E-state index contributed by atoms with van der Waals surface area (Å²) >= 11 is 5.35. The first kappa shape index (κ1) is 11.8. The first-order valence-corrected chi connectivity index (χ1v) is 3.72. The quantitative estimate of drug-likeness (QED) is 0.299. The summed E-state index contributed by atoms with van der Waals surface area (Å²) in [5.74, 6) is 0. The van der Waals surface area contributed by atoms with Gasteiger partial charge in [0.25, 0.3) is 0 Å². The molecule has 0 aliphatic heterocycles. The van der Waals surface area contributed by atoms with Crippen molar-refractivity contribution < 1.29 is 25.2 Å². The predicted molar refractivity (Wildman–Crippen MR) is 40.8 cm³/mol. The highest BCUT2D eigenvalue weighted by atomic mass is 35.5. The molecule has 0 aromatic rings. The molecule has 0 heterocycles. The van der Waals surface area contributed by atoms with E-state index < -0.39 is 30.3 Å². The zero-order valence-electron chi connectivity index (χ0n) is 6.17. The Morgan fingerprint density at radius 2 is 1.83 bits per heavy atom. The predicted octanol–water partition coefficient (Wildman–Crippen LogP) is -2.13. The molecule has 0 rings (SSSR count). The molecule has 6 heteroatoms. The minimum atomic E-state index is -1.55. The zero-order chi connectivity index (χ0) is 9.72. The van der Waals surface area contributed by atoms with Gasteiger partial charge in [0.05, 0.1) is 12.0 Å². The monoisotopic (exact) mass is 198 g/mol. The van der Waals surface area contributed by atoms with Crippen molar-refractivity contribution in [3.05, 3.63) is 0 Å². The Morgan fingerprint density at radius 3 is 2.17 bits per heavy atom. The van der Waals surface area contributed by atoms with Crippen LogP contribution in [0.2, 0.25) is 0 Å². The fourth-order valence-electron chi connectivity index (χ4n) is 0.597. The van der Waals surface area contributed by atoms with Crippen molar-refractivity contribution in [3.63, 3.8) is 0 Å². The molecule has 0 spiro atoms. The lowest BCUT2D eigenvalue weighted by Gasteiger charge is -2.21. The van der Waals surface area contributed by atoms with Gasteiger partial charge < -0.3 is 25.2 Å². The summed E-state index contributed by atoms with van der Waals surface area (Å²) in [6.45, 7) is -0.685. The first-order chi connectivity index (χ1) is 5.54. The number of aldehydes is 1. The molecule has 0 fully saturated rings. The Morgan fingerprint density at radius 1 is 1.33 bits per heavy atom. The lowest BCUT2D eigenvalue weighted by atomic mass is 10.1. The average Bonchev–Trinajstić information content (AvgIpc) is 2.12. The lowest BCUT2D eigenvalue weighted by Crippen LogP contribution is -2.43. The average molecular weight is 199 g/mol. The van der Waals surface area contributed by atoms with E-state index in [-0.39, 0.29) is 6.29 Å². The smallest absolute Gasteiger partial charge is 0.150 e. The van der Waals surface area contributed by atoms with Crippen molar-refractivity contribution in [1.82, 2.24) is 0 Å². The molecule has 0 saturated carbocycles. The molecule has 4 atom stereocenters. The summed E-state index contributed by atoms with van der Waals surface area (Å²) in [7, 11) is 0. The summed E-state index contributed by atoms with van der Waals surface area (Å²) in [4.78, 5) is 9.97. The number of hydrogen-bond acceptors (Lipinski definition) is 5. The Hall–Kier alpha value is -0.200. The molecule has 12 heavy (non-hydrogen) atoms. The Bertz CT molecular complexity index is 142. The van der Waals surface area contributed by atoms with Gasteiger partial charge in [-0.25, -0.2) is 0 Å². The molecule has 0 bridgehead atoms. The van der Waals surface area contributed by atoms with Gasteiger partial charge in [-0.15, -0.1) is 11.6 Å². The van der Waals surface area contributed by atoms with Crippen LogP contribution in [0, 0.1) is 0 Å². The van der Waals surface area contributed by atoms with E-state index in [9.17, 15) is 4.79 Å². The molecule has 0 amide bonds. The minimum absolute atomic E-state index is 0.144. The molecule has 0 aromatic heterocycles.